The molecule has 9 heteroatoms. The molecule has 1 amide bonds. The molecule has 0 aliphatic carbocycles. The zero-order valence-electron chi connectivity index (χ0n) is 16.2. The lowest BCUT2D eigenvalue weighted by molar-refractivity contribution is -0.139. The minimum Gasteiger partial charge on any atom is -0.463 e. The lowest BCUT2D eigenvalue weighted by Crippen LogP contribution is -2.40. The third-order valence-corrected chi connectivity index (χ3v) is 5.77. The minimum atomic E-state index is -1.16. The van der Waals surface area contributed by atoms with Crippen molar-refractivity contribution in [1.82, 2.24) is 4.90 Å². The van der Waals surface area contributed by atoms with E-state index in [2.05, 4.69) is 0 Å². The highest BCUT2D eigenvalue weighted by molar-refractivity contribution is 8.04. The third-order valence-electron chi connectivity index (χ3n) is 4.59. The number of amides is 1. The minimum absolute atomic E-state index is 0.00287. The van der Waals surface area contributed by atoms with Crippen LogP contribution < -0.4 is 5.73 Å². The summed E-state index contributed by atoms with van der Waals surface area (Å²) < 4.78 is 25.1. The van der Waals surface area contributed by atoms with E-state index in [-0.39, 0.29) is 46.7 Å². The molecule has 1 aromatic rings. The van der Waals surface area contributed by atoms with Crippen molar-refractivity contribution in [1.29, 1.82) is 0 Å². The van der Waals surface area contributed by atoms with Crippen LogP contribution in [0.3, 0.4) is 0 Å². The van der Waals surface area contributed by atoms with Crippen molar-refractivity contribution in [3.05, 3.63) is 57.6 Å². The highest BCUT2D eigenvalue weighted by atomic mass is 32.2. The number of ether oxygens (including phenoxy) is 2. The molecule has 2 aliphatic rings. The lowest BCUT2D eigenvalue weighted by Gasteiger charge is -2.33. The molecule has 0 bridgehead atoms. The van der Waals surface area contributed by atoms with Gasteiger partial charge in [0, 0.05) is 5.56 Å². The van der Waals surface area contributed by atoms with Crippen LogP contribution in [-0.4, -0.2) is 41.2 Å². The summed E-state index contributed by atoms with van der Waals surface area (Å²) in [5.41, 5.74) is 6.13. The largest absolute Gasteiger partial charge is 0.463 e. The molecule has 2 N–H and O–H groups in total. The van der Waals surface area contributed by atoms with E-state index in [9.17, 15) is 18.8 Å². The van der Waals surface area contributed by atoms with E-state index in [0.717, 1.165) is 16.7 Å². The Kier molecular flexibility index (Phi) is 5.97. The molecule has 2 atom stereocenters. The lowest BCUT2D eigenvalue weighted by atomic mass is 9.82. The van der Waals surface area contributed by atoms with Gasteiger partial charge in [-0.05, 0) is 26.8 Å². The van der Waals surface area contributed by atoms with Crippen molar-refractivity contribution >= 4 is 29.6 Å². The topological polar surface area (TPSA) is 98.9 Å². The fourth-order valence-electron chi connectivity index (χ4n) is 3.37. The Hall–Kier alpha value is -2.81. The van der Waals surface area contributed by atoms with E-state index in [1.165, 1.54) is 18.2 Å². The first-order valence-electron chi connectivity index (χ1n) is 9.16. The maximum Gasteiger partial charge on any atom is 0.338 e. The molecule has 0 saturated carbocycles. The Labute approximate surface area is 171 Å². The number of esters is 2. The second-order valence-electron chi connectivity index (χ2n) is 6.35. The van der Waals surface area contributed by atoms with E-state index >= 15 is 0 Å². The van der Waals surface area contributed by atoms with Gasteiger partial charge < -0.3 is 15.2 Å². The summed E-state index contributed by atoms with van der Waals surface area (Å²) in [5.74, 6) is -3.89. The first-order chi connectivity index (χ1) is 13.8. The Morgan fingerprint density at radius 2 is 1.72 bits per heavy atom. The normalized spacial score (nSPS) is 21.4. The Bertz CT molecular complexity index is 943. The van der Waals surface area contributed by atoms with Crippen LogP contribution >= 0.6 is 11.8 Å². The van der Waals surface area contributed by atoms with Crippen molar-refractivity contribution < 1.29 is 28.2 Å². The van der Waals surface area contributed by atoms with Gasteiger partial charge in [0.1, 0.15) is 11.6 Å². The summed E-state index contributed by atoms with van der Waals surface area (Å²) in [4.78, 5) is 39.5. The number of hydrogen-bond donors (Lipinski definition) is 1. The standard InChI is InChI=1S/C20H21FN2O5S/c1-4-27-19(25)14-13(11-8-6-7-9-12(11)21)15(20(26)28-5-2)18-23(16(14)22)17(24)10(3)29-18/h6-10,13H,4-5,22H2,1-3H3/t10-,13+/m1/s1. The molecule has 7 nitrogen and oxygen atoms in total. The summed E-state index contributed by atoms with van der Waals surface area (Å²) in [5, 5.41) is -0.282. The third kappa shape index (κ3) is 3.50. The molecular formula is C20H21FN2O5S. The van der Waals surface area contributed by atoms with Gasteiger partial charge in [0.05, 0.1) is 40.6 Å². The maximum absolute atomic E-state index is 14.8. The van der Waals surface area contributed by atoms with Crippen LogP contribution in [0.15, 0.2) is 46.3 Å². The fourth-order valence-corrected chi connectivity index (χ4v) is 4.53. The number of hydrogen-bond acceptors (Lipinski definition) is 7. The van der Waals surface area contributed by atoms with E-state index in [1.807, 2.05) is 0 Å². The Morgan fingerprint density at radius 3 is 2.31 bits per heavy atom. The van der Waals surface area contributed by atoms with Crippen molar-refractivity contribution in [2.24, 2.45) is 5.73 Å². The summed E-state index contributed by atoms with van der Waals surface area (Å²) in [6.45, 7) is 5.03. The van der Waals surface area contributed by atoms with Crippen molar-refractivity contribution in [3.8, 4) is 0 Å². The maximum atomic E-state index is 14.8. The van der Waals surface area contributed by atoms with Crippen LogP contribution in [0, 0.1) is 5.82 Å². The predicted molar refractivity (Wildman–Crippen MR) is 105 cm³/mol. The van der Waals surface area contributed by atoms with Crippen LogP contribution in [0.25, 0.3) is 0 Å². The first-order valence-corrected chi connectivity index (χ1v) is 10.0. The number of carbonyl (C=O) groups is 3. The van der Waals surface area contributed by atoms with Crippen molar-refractivity contribution in [2.75, 3.05) is 13.2 Å². The highest BCUT2D eigenvalue weighted by Crippen LogP contribution is 2.50. The van der Waals surface area contributed by atoms with Crippen LogP contribution in [0.5, 0.6) is 0 Å². The van der Waals surface area contributed by atoms with Crippen molar-refractivity contribution in [2.45, 2.75) is 31.9 Å². The van der Waals surface area contributed by atoms with E-state index in [4.69, 9.17) is 15.2 Å². The molecule has 1 aromatic carbocycles. The number of benzene rings is 1. The quantitative estimate of drug-likeness (QED) is 0.730. The molecule has 2 heterocycles. The Balaban J connectivity index is 2.32. The summed E-state index contributed by atoms with van der Waals surface area (Å²) >= 11 is 1.12. The van der Waals surface area contributed by atoms with Crippen molar-refractivity contribution in [3.63, 3.8) is 0 Å². The monoisotopic (exact) mass is 420 g/mol. The van der Waals surface area contributed by atoms with Crippen LogP contribution in [-0.2, 0) is 23.9 Å². The predicted octanol–water partition coefficient (Wildman–Crippen LogP) is 2.39. The molecule has 0 spiro atoms. The van der Waals surface area contributed by atoms with Gasteiger partial charge in [-0.2, -0.15) is 0 Å². The van der Waals surface area contributed by atoms with E-state index in [1.54, 1.807) is 26.8 Å². The number of thioether (sulfide) groups is 1. The van der Waals surface area contributed by atoms with Gasteiger partial charge in [-0.1, -0.05) is 30.0 Å². The molecule has 2 aliphatic heterocycles. The molecule has 29 heavy (non-hydrogen) atoms. The van der Waals surface area contributed by atoms with Crippen LogP contribution in [0.4, 0.5) is 4.39 Å². The smallest absolute Gasteiger partial charge is 0.338 e. The van der Waals surface area contributed by atoms with Gasteiger partial charge in [0.25, 0.3) is 0 Å². The first kappa shape index (κ1) is 20.9. The molecule has 0 unspecified atom stereocenters. The number of nitrogens with zero attached hydrogens (tertiary/aromatic N) is 1. The van der Waals surface area contributed by atoms with Gasteiger partial charge in [0.2, 0.25) is 5.91 Å². The summed E-state index contributed by atoms with van der Waals surface area (Å²) in [7, 11) is 0. The van der Waals surface area contributed by atoms with Gasteiger partial charge in [-0.3, -0.25) is 9.69 Å². The zero-order valence-corrected chi connectivity index (χ0v) is 17.0. The molecular weight excluding hydrogens is 399 g/mol. The Morgan fingerprint density at radius 1 is 1.14 bits per heavy atom. The second-order valence-corrected chi connectivity index (χ2v) is 7.68. The SMILES string of the molecule is CCOC(=O)C1=C(N)N2C(=O)[C@@H](C)SC2=C(C(=O)OCC)[C@H]1c1ccccc1F. The fraction of sp³-hybridized carbons (Fsp3) is 0.350. The zero-order chi connectivity index (χ0) is 21.3. The molecule has 0 radical (unpaired) electrons. The molecule has 1 fully saturated rings. The van der Waals surface area contributed by atoms with Crippen LogP contribution in [0.1, 0.15) is 32.3 Å². The second kappa shape index (κ2) is 8.28. The van der Waals surface area contributed by atoms with E-state index < -0.39 is 28.9 Å². The number of carbonyl (C=O) groups excluding carboxylic acids is 3. The summed E-state index contributed by atoms with van der Waals surface area (Å²) in [6, 6.07) is 5.78. The average Bonchev–Trinajstić information content (AvgIpc) is 2.97. The van der Waals surface area contributed by atoms with Gasteiger partial charge in [-0.15, -0.1) is 0 Å². The highest BCUT2D eigenvalue weighted by Gasteiger charge is 2.49. The number of fused-ring (bicyclic) bond motifs is 1. The van der Waals surface area contributed by atoms with Gasteiger partial charge in [0.15, 0.2) is 0 Å². The van der Waals surface area contributed by atoms with Gasteiger partial charge in [-0.25, -0.2) is 14.0 Å². The molecule has 154 valence electrons. The number of halogens is 1. The van der Waals surface area contributed by atoms with Crippen LogP contribution in [0.2, 0.25) is 0 Å². The van der Waals surface area contributed by atoms with Gasteiger partial charge >= 0.3 is 11.9 Å². The molecule has 3 rings (SSSR count). The average molecular weight is 420 g/mol. The summed E-state index contributed by atoms with van der Waals surface area (Å²) in [6.07, 6.45) is 0. The number of nitrogens with two attached hydrogens (primary N) is 1. The molecule has 0 aromatic heterocycles. The number of rotatable bonds is 5. The molecule has 1 saturated heterocycles. The van der Waals surface area contributed by atoms with E-state index in [0.29, 0.717) is 0 Å².